The van der Waals surface area contributed by atoms with Gasteiger partial charge in [-0.1, -0.05) is 24.3 Å². The second kappa shape index (κ2) is 4.09. The Morgan fingerprint density at radius 2 is 2.00 bits per heavy atom. The molecule has 0 aliphatic heterocycles. The number of nitrogens with zero attached hydrogens (tertiary/aromatic N) is 1. The first-order valence-corrected chi connectivity index (χ1v) is 5.30. The molecule has 1 aromatic heterocycles. The summed E-state index contributed by atoms with van der Waals surface area (Å²) in [5.74, 6) is -0.824. The van der Waals surface area contributed by atoms with E-state index in [-0.39, 0.29) is 11.4 Å². The maximum absolute atomic E-state index is 11.4. The van der Waals surface area contributed by atoms with Gasteiger partial charge in [0.2, 0.25) is 0 Å². The van der Waals surface area contributed by atoms with Crippen LogP contribution in [-0.2, 0) is 4.74 Å². The number of pyridine rings is 1. The van der Waals surface area contributed by atoms with E-state index in [0.29, 0.717) is 9.99 Å². The smallest absolute Gasteiger partial charge is 0.360 e. The molecule has 0 radical (unpaired) electrons. The second-order valence-corrected chi connectivity index (χ2v) is 3.89. The first-order chi connectivity index (χ1) is 7.65. The molecule has 1 aromatic carbocycles. The van der Waals surface area contributed by atoms with Gasteiger partial charge in [-0.3, -0.25) is 0 Å². The van der Waals surface area contributed by atoms with Crippen LogP contribution in [0.5, 0.6) is 5.75 Å². The molecule has 1 heterocycles. The third kappa shape index (κ3) is 1.63. The molecule has 0 spiro atoms. The summed E-state index contributed by atoms with van der Waals surface area (Å²) in [6.07, 6.45) is 0. The highest BCUT2D eigenvalue weighted by Gasteiger charge is 2.18. The number of benzene rings is 1. The lowest BCUT2D eigenvalue weighted by Gasteiger charge is -2.07. The monoisotopic (exact) mass is 281 g/mol. The van der Waals surface area contributed by atoms with E-state index in [1.54, 1.807) is 18.2 Å². The lowest BCUT2D eigenvalue weighted by molar-refractivity contribution is 0.0590. The lowest BCUT2D eigenvalue weighted by Crippen LogP contribution is -2.05. The summed E-state index contributed by atoms with van der Waals surface area (Å²) in [4.78, 5) is 15.3. The molecule has 0 aliphatic carbocycles. The zero-order valence-electron chi connectivity index (χ0n) is 8.40. The van der Waals surface area contributed by atoms with Crippen molar-refractivity contribution in [3.63, 3.8) is 0 Å². The van der Waals surface area contributed by atoms with Gasteiger partial charge in [-0.15, -0.1) is 0 Å². The molecule has 0 saturated carbocycles. The Morgan fingerprint density at radius 1 is 1.38 bits per heavy atom. The fraction of sp³-hybridized carbons (Fsp3) is 0.0909. The average Bonchev–Trinajstić information content (AvgIpc) is 2.33. The Bertz CT molecular complexity index is 568. The summed E-state index contributed by atoms with van der Waals surface area (Å²) in [6.45, 7) is 0. The Hall–Kier alpha value is -1.62. The van der Waals surface area contributed by atoms with E-state index < -0.39 is 5.97 Å². The van der Waals surface area contributed by atoms with Gasteiger partial charge in [0.05, 0.1) is 7.11 Å². The summed E-state index contributed by atoms with van der Waals surface area (Å²) in [5, 5.41) is 11.2. The highest BCUT2D eigenvalue weighted by atomic mass is 79.9. The van der Waals surface area contributed by atoms with Crippen molar-refractivity contribution in [1.29, 1.82) is 0 Å². The molecule has 5 heteroatoms. The van der Waals surface area contributed by atoms with Crippen molar-refractivity contribution in [3.05, 3.63) is 34.6 Å². The van der Waals surface area contributed by atoms with Crippen molar-refractivity contribution in [2.75, 3.05) is 7.11 Å². The number of aromatic nitrogens is 1. The number of rotatable bonds is 1. The number of hydrogen-bond donors (Lipinski definition) is 1. The minimum absolute atomic E-state index is 0.0897. The van der Waals surface area contributed by atoms with Crippen molar-refractivity contribution < 1.29 is 14.6 Å². The molecule has 0 bridgehead atoms. The Labute approximate surface area is 100.0 Å². The molecule has 82 valence electrons. The SMILES string of the molecule is COC(=O)c1nc(Br)c2ccccc2c1O. The van der Waals surface area contributed by atoms with Crippen LogP contribution in [0, 0.1) is 0 Å². The van der Waals surface area contributed by atoms with Crippen LogP contribution in [0.2, 0.25) is 0 Å². The van der Waals surface area contributed by atoms with Crippen molar-refractivity contribution in [3.8, 4) is 5.75 Å². The van der Waals surface area contributed by atoms with E-state index in [2.05, 4.69) is 25.7 Å². The Morgan fingerprint density at radius 3 is 2.62 bits per heavy atom. The van der Waals surface area contributed by atoms with Gasteiger partial charge in [-0.2, -0.15) is 0 Å². The molecular formula is C11H8BrNO3. The predicted molar refractivity (Wildman–Crippen MR) is 62.4 cm³/mol. The van der Waals surface area contributed by atoms with Crippen molar-refractivity contribution in [2.45, 2.75) is 0 Å². The maximum atomic E-state index is 11.4. The van der Waals surface area contributed by atoms with Gasteiger partial charge in [-0.05, 0) is 15.9 Å². The first kappa shape index (κ1) is 10.9. The van der Waals surface area contributed by atoms with Crippen molar-refractivity contribution in [2.24, 2.45) is 0 Å². The van der Waals surface area contributed by atoms with Gasteiger partial charge in [0.1, 0.15) is 4.60 Å². The molecule has 16 heavy (non-hydrogen) atoms. The molecule has 2 aromatic rings. The summed E-state index contributed by atoms with van der Waals surface area (Å²) in [6, 6.07) is 7.11. The Kier molecular flexibility index (Phi) is 2.78. The van der Waals surface area contributed by atoms with E-state index in [4.69, 9.17) is 0 Å². The number of esters is 1. The molecule has 0 atom stereocenters. The van der Waals surface area contributed by atoms with Crippen molar-refractivity contribution >= 4 is 32.7 Å². The minimum atomic E-state index is -0.663. The lowest BCUT2D eigenvalue weighted by atomic mass is 10.1. The zero-order chi connectivity index (χ0) is 11.7. The Balaban J connectivity index is 2.80. The molecule has 1 N–H and O–H groups in total. The van der Waals surface area contributed by atoms with Gasteiger partial charge >= 0.3 is 5.97 Å². The molecule has 0 amide bonds. The summed E-state index contributed by atoms with van der Waals surface area (Å²) in [7, 11) is 1.24. The van der Waals surface area contributed by atoms with E-state index in [9.17, 15) is 9.90 Å². The number of carbonyl (C=O) groups excluding carboxylic acids is 1. The number of aromatic hydroxyl groups is 1. The highest BCUT2D eigenvalue weighted by molar-refractivity contribution is 9.10. The van der Waals surface area contributed by atoms with Crippen LogP contribution in [0.4, 0.5) is 0 Å². The molecular weight excluding hydrogens is 274 g/mol. The normalized spacial score (nSPS) is 10.4. The molecule has 2 rings (SSSR count). The molecule has 0 fully saturated rings. The molecule has 0 unspecified atom stereocenters. The number of hydrogen-bond acceptors (Lipinski definition) is 4. The van der Waals surface area contributed by atoms with Crippen LogP contribution >= 0.6 is 15.9 Å². The van der Waals surface area contributed by atoms with E-state index in [1.165, 1.54) is 7.11 Å². The van der Waals surface area contributed by atoms with Crippen LogP contribution in [0.15, 0.2) is 28.9 Å². The quantitative estimate of drug-likeness (QED) is 0.645. The van der Waals surface area contributed by atoms with Gasteiger partial charge in [0, 0.05) is 10.8 Å². The van der Waals surface area contributed by atoms with Gasteiger partial charge in [0.15, 0.2) is 11.4 Å². The highest BCUT2D eigenvalue weighted by Crippen LogP contribution is 2.32. The van der Waals surface area contributed by atoms with Gasteiger partial charge in [0.25, 0.3) is 0 Å². The van der Waals surface area contributed by atoms with Crippen LogP contribution in [0.3, 0.4) is 0 Å². The number of halogens is 1. The number of methoxy groups -OCH3 is 1. The zero-order valence-corrected chi connectivity index (χ0v) is 9.98. The summed E-state index contributed by atoms with van der Waals surface area (Å²) in [5.41, 5.74) is -0.0897. The summed E-state index contributed by atoms with van der Waals surface area (Å²) >= 11 is 3.25. The molecule has 4 nitrogen and oxygen atoms in total. The third-order valence-electron chi connectivity index (χ3n) is 2.22. The topological polar surface area (TPSA) is 59.4 Å². The van der Waals surface area contributed by atoms with E-state index in [1.807, 2.05) is 6.07 Å². The maximum Gasteiger partial charge on any atom is 0.360 e. The van der Waals surface area contributed by atoms with Crippen LogP contribution in [0.25, 0.3) is 10.8 Å². The minimum Gasteiger partial charge on any atom is -0.505 e. The van der Waals surface area contributed by atoms with Crippen LogP contribution in [0.1, 0.15) is 10.5 Å². The number of ether oxygens (including phenoxy) is 1. The number of carbonyl (C=O) groups is 1. The fourth-order valence-corrected chi connectivity index (χ4v) is 1.97. The van der Waals surface area contributed by atoms with E-state index >= 15 is 0 Å². The molecule has 0 saturated heterocycles. The van der Waals surface area contributed by atoms with Crippen LogP contribution < -0.4 is 0 Å². The second-order valence-electron chi connectivity index (χ2n) is 3.14. The van der Waals surface area contributed by atoms with Crippen LogP contribution in [-0.4, -0.2) is 23.2 Å². The number of fused-ring (bicyclic) bond motifs is 1. The average molecular weight is 282 g/mol. The first-order valence-electron chi connectivity index (χ1n) is 4.50. The third-order valence-corrected chi connectivity index (χ3v) is 2.82. The van der Waals surface area contributed by atoms with E-state index in [0.717, 1.165) is 5.39 Å². The standard InChI is InChI=1S/C11H8BrNO3/c1-16-11(15)8-9(14)6-4-2-3-5-7(6)10(12)13-8/h2-5,14H,1H3. The van der Waals surface area contributed by atoms with Gasteiger partial charge in [-0.25, -0.2) is 9.78 Å². The summed E-state index contributed by atoms with van der Waals surface area (Å²) < 4.78 is 5.04. The fourth-order valence-electron chi connectivity index (χ4n) is 1.45. The molecule has 0 aliphatic rings. The largest absolute Gasteiger partial charge is 0.505 e. The predicted octanol–water partition coefficient (Wildman–Crippen LogP) is 2.49. The van der Waals surface area contributed by atoms with Crippen molar-refractivity contribution in [1.82, 2.24) is 4.98 Å². The van der Waals surface area contributed by atoms with Gasteiger partial charge < -0.3 is 9.84 Å².